The van der Waals surface area contributed by atoms with Gasteiger partial charge < -0.3 is 10.2 Å². The van der Waals surface area contributed by atoms with Crippen molar-refractivity contribution in [3.8, 4) is 0 Å². The van der Waals surface area contributed by atoms with Crippen LogP contribution in [0.3, 0.4) is 0 Å². The van der Waals surface area contributed by atoms with E-state index in [9.17, 15) is 14.4 Å². The molecule has 1 N–H and O–H groups in total. The standard InChI is InChI=1S/C14H17N3O3/c1-14(10-7-5-4-6-8-10)12(19)17(13(20)15-14)9-11(18)16(2)3/h4-8H,9H2,1-3H3,(H,15,20)/t14-/m1/s1. The van der Waals surface area contributed by atoms with Gasteiger partial charge in [-0.1, -0.05) is 30.3 Å². The van der Waals surface area contributed by atoms with Crippen LogP contribution in [0, 0.1) is 0 Å². The first-order valence-corrected chi connectivity index (χ1v) is 6.26. The second-order valence-corrected chi connectivity index (χ2v) is 5.10. The molecule has 1 aliphatic rings. The molecule has 1 aliphatic heterocycles. The van der Waals surface area contributed by atoms with E-state index in [-0.39, 0.29) is 12.5 Å². The maximum Gasteiger partial charge on any atom is 0.325 e. The predicted octanol–water partition coefficient (Wildman–Crippen LogP) is 0.542. The van der Waals surface area contributed by atoms with Gasteiger partial charge in [0, 0.05) is 14.1 Å². The molecule has 1 saturated heterocycles. The lowest BCUT2D eigenvalue weighted by Crippen LogP contribution is -2.43. The first-order valence-electron chi connectivity index (χ1n) is 6.26. The van der Waals surface area contributed by atoms with Crippen LogP contribution >= 0.6 is 0 Å². The minimum absolute atomic E-state index is 0.250. The molecule has 1 heterocycles. The molecule has 20 heavy (non-hydrogen) atoms. The molecule has 0 unspecified atom stereocenters. The van der Waals surface area contributed by atoms with Crippen LogP contribution in [-0.2, 0) is 15.1 Å². The van der Waals surface area contributed by atoms with Crippen molar-refractivity contribution < 1.29 is 14.4 Å². The number of nitrogens with one attached hydrogen (secondary N) is 1. The van der Waals surface area contributed by atoms with Crippen molar-refractivity contribution in [2.75, 3.05) is 20.6 Å². The average Bonchev–Trinajstić information content (AvgIpc) is 2.64. The number of benzene rings is 1. The summed E-state index contributed by atoms with van der Waals surface area (Å²) in [4.78, 5) is 38.4. The van der Waals surface area contributed by atoms with E-state index in [1.165, 1.54) is 4.90 Å². The number of amides is 4. The molecule has 0 saturated carbocycles. The number of hydrogen-bond donors (Lipinski definition) is 1. The number of nitrogens with zero attached hydrogens (tertiary/aromatic N) is 2. The molecular weight excluding hydrogens is 258 g/mol. The Labute approximate surface area is 117 Å². The van der Waals surface area contributed by atoms with Crippen LogP contribution in [-0.4, -0.2) is 48.3 Å². The Morgan fingerprint density at radius 2 is 1.85 bits per heavy atom. The monoisotopic (exact) mass is 275 g/mol. The molecule has 2 rings (SSSR count). The lowest BCUT2D eigenvalue weighted by Gasteiger charge is -2.22. The summed E-state index contributed by atoms with van der Waals surface area (Å²) in [6.07, 6.45) is 0. The van der Waals surface area contributed by atoms with E-state index in [4.69, 9.17) is 0 Å². The zero-order valence-corrected chi connectivity index (χ0v) is 11.7. The minimum atomic E-state index is -1.12. The van der Waals surface area contributed by atoms with Crippen LogP contribution in [0.25, 0.3) is 0 Å². The van der Waals surface area contributed by atoms with Crippen LogP contribution < -0.4 is 5.32 Å². The molecule has 1 fully saturated rings. The molecule has 6 heteroatoms. The highest BCUT2D eigenvalue weighted by Crippen LogP contribution is 2.28. The van der Waals surface area contributed by atoms with Gasteiger partial charge in [-0.2, -0.15) is 0 Å². The Hall–Kier alpha value is -2.37. The summed E-state index contributed by atoms with van der Waals surface area (Å²) in [6.45, 7) is 1.39. The molecule has 0 spiro atoms. The van der Waals surface area contributed by atoms with Gasteiger partial charge in [-0.05, 0) is 12.5 Å². The third kappa shape index (κ3) is 2.24. The molecule has 0 radical (unpaired) electrons. The number of urea groups is 1. The summed E-state index contributed by atoms with van der Waals surface area (Å²) in [5.74, 6) is -0.713. The highest BCUT2D eigenvalue weighted by molar-refractivity contribution is 6.09. The Morgan fingerprint density at radius 3 is 2.40 bits per heavy atom. The predicted molar refractivity (Wildman–Crippen MR) is 72.7 cm³/mol. The summed E-state index contributed by atoms with van der Waals surface area (Å²) >= 11 is 0. The van der Waals surface area contributed by atoms with Crippen LogP contribution in [0.1, 0.15) is 12.5 Å². The highest BCUT2D eigenvalue weighted by Gasteiger charge is 2.49. The van der Waals surface area contributed by atoms with Crippen molar-refractivity contribution >= 4 is 17.8 Å². The largest absolute Gasteiger partial charge is 0.347 e. The van der Waals surface area contributed by atoms with Crippen molar-refractivity contribution in [3.63, 3.8) is 0 Å². The van der Waals surface area contributed by atoms with Crippen LogP contribution in [0.15, 0.2) is 30.3 Å². The summed E-state index contributed by atoms with van der Waals surface area (Å²) < 4.78 is 0. The highest BCUT2D eigenvalue weighted by atomic mass is 16.2. The minimum Gasteiger partial charge on any atom is -0.347 e. The molecule has 1 atom stereocenters. The molecule has 0 aromatic heterocycles. The van der Waals surface area contributed by atoms with Crippen LogP contribution in [0.4, 0.5) is 4.79 Å². The maximum atomic E-state index is 12.5. The quantitative estimate of drug-likeness (QED) is 0.819. The smallest absolute Gasteiger partial charge is 0.325 e. The third-order valence-corrected chi connectivity index (χ3v) is 3.42. The topological polar surface area (TPSA) is 69.7 Å². The van der Waals surface area contributed by atoms with Crippen LogP contribution in [0.5, 0.6) is 0 Å². The molecule has 0 aliphatic carbocycles. The van der Waals surface area contributed by atoms with Gasteiger partial charge in [-0.25, -0.2) is 4.79 Å². The number of likely N-dealkylation sites (N-methyl/N-ethyl adjacent to an activating group) is 1. The summed E-state index contributed by atoms with van der Waals surface area (Å²) in [6, 6.07) is 8.43. The van der Waals surface area contributed by atoms with Gasteiger partial charge in [0.15, 0.2) is 0 Å². The Bertz CT molecular complexity index is 556. The summed E-state index contributed by atoms with van der Waals surface area (Å²) in [5.41, 5.74) is -0.427. The molecule has 1 aromatic rings. The number of hydrogen-bond acceptors (Lipinski definition) is 3. The average molecular weight is 275 g/mol. The van der Waals surface area contributed by atoms with Crippen molar-refractivity contribution in [3.05, 3.63) is 35.9 Å². The second-order valence-electron chi connectivity index (χ2n) is 5.10. The Kier molecular flexibility index (Phi) is 3.48. The van der Waals surface area contributed by atoms with Crippen molar-refractivity contribution in [2.24, 2.45) is 0 Å². The fraction of sp³-hybridized carbons (Fsp3) is 0.357. The number of carbonyl (C=O) groups is 3. The first-order chi connectivity index (χ1) is 9.36. The van der Waals surface area contributed by atoms with E-state index >= 15 is 0 Å². The first kappa shape index (κ1) is 14.0. The Balaban J connectivity index is 2.27. The third-order valence-electron chi connectivity index (χ3n) is 3.42. The molecule has 1 aromatic carbocycles. The zero-order valence-electron chi connectivity index (χ0n) is 11.7. The van der Waals surface area contributed by atoms with E-state index in [1.807, 2.05) is 6.07 Å². The number of rotatable bonds is 3. The van der Waals surface area contributed by atoms with Gasteiger partial charge in [0.25, 0.3) is 5.91 Å². The van der Waals surface area contributed by atoms with E-state index in [0.717, 1.165) is 4.90 Å². The van der Waals surface area contributed by atoms with E-state index in [2.05, 4.69) is 5.32 Å². The zero-order chi connectivity index (χ0) is 14.9. The van der Waals surface area contributed by atoms with Crippen molar-refractivity contribution in [1.82, 2.24) is 15.1 Å². The fourth-order valence-corrected chi connectivity index (χ4v) is 2.08. The van der Waals surface area contributed by atoms with Gasteiger partial charge in [0.1, 0.15) is 12.1 Å². The van der Waals surface area contributed by atoms with E-state index < -0.39 is 17.5 Å². The number of carbonyl (C=O) groups excluding carboxylic acids is 3. The van der Waals surface area contributed by atoms with Gasteiger partial charge in [0.2, 0.25) is 5.91 Å². The Morgan fingerprint density at radius 1 is 1.25 bits per heavy atom. The second kappa shape index (κ2) is 4.96. The lowest BCUT2D eigenvalue weighted by molar-refractivity contribution is -0.137. The lowest BCUT2D eigenvalue weighted by atomic mass is 9.92. The van der Waals surface area contributed by atoms with Crippen molar-refractivity contribution in [1.29, 1.82) is 0 Å². The van der Waals surface area contributed by atoms with Crippen molar-refractivity contribution in [2.45, 2.75) is 12.5 Å². The van der Waals surface area contributed by atoms with E-state index in [0.29, 0.717) is 5.56 Å². The molecule has 4 amide bonds. The normalized spacial score (nSPS) is 21.9. The molecule has 106 valence electrons. The van der Waals surface area contributed by atoms with Gasteiger partial charge in [0.05, 0.1) is 0 Å². The summed E-state index contributed by atoms with van der Waals surface area (Å²) in [5, 5.41) is 2.66. The summed E-state index contributed by atoms with van der Waals surface area (Å²) in [7, 11) is 3.16. The number of imide groups is 1. The SMILES string of the molecule is CN(C)C(=O)CN1C(=O)N[C@](C)(c2ccccc2)C1=O. The fourth-order valence-electron chi connectivity index (χ4n) is 2.08. The van der Waals surface area contributed by atoms with Crippen LogP contribution in [0.2, 0.25) is 0 Å². The van der Waals surface area contributed by atoms with Gasteiger partial charge in [-0.3, -0.25) is 14.5 Å². The van der Waals surface area contributed by atoms with E-state index in [1.54, 1.807) is 45.3 Å². The molecule has 6 nitrogen and oxygen atoms in total. The molecule has 0 bridgehead atoms. The van der Waals surface area contributed by atoms with Gasteiger partial charge >= 0.3 is 6.03 Å². The van der Waals surface area contributed by atoms with Gasteiger partial charge in [-0.15, -0.1) is 0 Å². The maximum absolute atomic E-state index is 12.5. The molecular formula is C14H17N3O3.